The molecule has 3 aromatic rings. The highest BCUT2D eigenvalue weighted by atomic mass is 19.3. The number of nitrogens with one attached hydrogen (secondary N) is 3. The number of hydrogen-bond acceptors (Lipinski definition) is 7. The Morgan fingerprint density at radius 1 is 1.27 bits per heavy atom. The minimum absolute atomic E-state index is 0.0464. The number of benzene rings is 2. The molecule has 0 saturated carbocycles. The second-order valence-electron chi connectivity index (χ2n) is 6.79. The lowest BCUT2D eigenvalue weighted by Crippen LogP contribution is -2.24. The molecule has 0 aliphatic rings. The van der Waals surface area contributed by atoms with Crippen LogP contribution in [0.4, 0.5) is 25.8 Å². The number of halogens is 2. The third-order valence-corrected chi connectivity index (χ3v) is 4.68. The zero-order valence-electron chi connectivity index (χ0n) is 17.9. The molecule has 174 valence electrons. The Labute approximate surface area is 187 Å². The molecule has 12 heteroatoms. The molecule has 0 aliphatic carbocycles. The average Bonchev–Trinajstić information content (AvgIpc) is 3.19. The van der Waals surface area contributed by atoms with Crippen LogP contribution >= 0.6 is 0 Å². The maximum atomic E-state index is 13.0. The second kappa shape index (κ2) is 9.94. The number of carbonyl (C=O) groups is 1. The van der Waals surface area contributed by atoms with Crippen LogP contribution in [-0.4, -0.2) is 41.3 Å². The normalized spacial score (nSPS) is 10.7. The molecule has 0 aliphatic heterocycles. The predicted molar refractivity (Wildman–Crippen MR) is 116 cm³/mol. The molecular formula is C21H21F2N5O5. The summed E-state index contributed by atoms with van der Waals surface area (Å²) in [6.45, 7) is 0.480. The number of amides is 1. The Kier molecular flexibility index (Phi) is 7.06. The fourth-order valence-electron chi connectivity index (χ4n) is 3.25. The van der Waals surface area contributed by atoms with Crippen molar-refractivity contribution in [1.29, 1.82) is 0 Å². The quantitative estimate of drug-likeness (QED) is 0.318. The summed E-state index contributed by atoms with van der Waals surface area (Å²) < 4.78 is 35.8. The number of hydrogen-bond donors (Lipinski definition) is 3. The summed E-state index contributed by atoms with van der Waals surface area (Å²) in [6, 6.07) is 7.02. The van der Waals surface area contributed by atoms with Crippen molar-refractivity contribution >= 4 is 23.0 Å². The number of H-pyrrole nitrogens is 1. The Morgan fingerprint density at radius 3 is 2.58 bits per heavy atom. The van der Waals surface area contributed by atoms with Gasteiger partial charge in [-0.1, -0.05) is 6.07 Å². The SMILES string of the molecule is CCNC(=O)c1c(OC)cc(Nc2ccc(-c3c[nH]nc3C)cc2[N+](=O)[O-])cc1OC(F)F. The van der Waals surface area contributed by atoms with Crippen LogP contribution in [0.3, 0.4) is 0 Å². The number of aromatic nitrogens is 2. The van der Waals surface area contributed by atoms with Gasteiger partial charge >= 0.3 is 6.61 Å². The monoisotopic (exact) mass is 461 g/mol. The highest BCUT2D eigenvalue weighted by molar-refractivity contribution is 6.00. The van der Waals surface area contributed by atoms with E-state index in [-0.39, 0.29) is 34.9 Å². The molecule has 0 saturated heterocycles. The van der Waals surface area contributed by atoms with Crippen molar-refractivity contribution in [1.82, 2.24) is 15.5 Å². The molecule has 0 bridgehead atoms. The van der Waals surface area contributed by atoms with Gasteiger partial charge in [0.1, 0.15) is 22.7 Å². The smallest absolute Gasteiger partial charge is 0.387 e. The lowest BCUT2D eigenvalue weighted by Gasteiger charge is -2.17. The molecule has 2 aromatic carbocycles. The van der Waals surface area contributed by atoms with Crippen LogP contribution in [0.15, 0.2) is 36.5 Å². The summed E-state index contributed by atoms with van der Waals surface area (Å²) in [5, 5.41) is 23.8. The van der Waals surface area contributed by atoms with Crippen molar-refractivity contribution in [3.05, 3.63) is 57.9 Å². The van der Waals surface area contributed by atoms with Crippen molar-refractivity contribution in [2.45, 2.75) is 20.5 Å². The molecular weight excluding hydrogens is 440 g/mol. The second-order valence-corrected chi connectivity index (χ2v) is 6.79. The number of ether oxygens (including phenoxy) is 2. The maximum absolute atomic E-state index is 13.0. The number of nitro benzene ring substituents is 1. The van der Waals surface area contributed by atoms with Gasteiger partial charge in [-0.05, 0) is 25.5 Å². The number of nitrogens with zero attached hydrogens (tertiary/aromatic N) is 2. The largest absolute Gasteiger partial charge is 0.496 e. The number of aromatic amines is 1. The van der Waals surface area contributed by atoms with Gasteiger partial charge in [-0.15, -0.1) is 0 Å². The van der Waals surface area contributed by atoms with E-state index in [0.717, 1.165) is 6.07 Å². The highest BCUT2D eigenvalue weighted by Crippen LogP contribution is 2.38. The number of methoxy groups -OCH3 is 1. The Morgan fingerprint density at radius 2 is 2.00 bits per heavy atom. The minimum Gasteiger partial charge on any atom is -0.496 e. The first-order chi connectivity index (χ1) is 15.7. The first kappa shape index (κ1) is 23.4. The van der Waals surface area contributed by atoms with Crippen LogP contribution in [0.2, 0.25) is 0 Å². The van der Waals surface area contributed by atoms with Crippen LogP contribution in [0.5, 0.6) is 11.5 Å². The van der Waals surface area contributed by atoms with E-state index < -0.39 is 23.2 Å². The molecule has 0 radical (unpaired) electrons. The molecule has 33 heavy (non-hydrogen) atoms. The minimum atomic E-state index is -3.20. The summed E-state index contributed by atoms with van der Waals surface area (Å²) in [6.07, 6.45) is 1.63. The lowest BCUT2D eigenvalue weighted by atomic mass is 10.0. The third kappa shape index (κ3) is 5.17. The standard InChI is InChI=1S/C21H21F2N5O5/c1-4-24-20(29)19-17(32-3)8-13(9-18(19)33-21(22)23)26-15-6-5-12(7-16(15)28(30)31)14-10-25-27-11(14)2/h5-10,21,26H,4H2,1-3H3,(H,24,29)(H,25,27). The van der Waals surface area contributed by atoms with Gasteiger partial charge in [-0.2, -0.15) is 13.9 Å². The maximum Gasteiger partial charge on any atom is 0.387 e. The molecule has 3 rings (SSSR count). The van der Waals surface area contributed by atoms with Gasteiger partial charge in [0, 0.05) is 42.2 Å². The summed E-state index contributed by atoms with van der Waals surface area (Å²) in [5.41, 5.74) is 1.72. The van der Waals surface area contributed by atoms with Gasteiger partial charge in [-0.25, -0.2) is 0 Å². The lowest BCUT2D eigenvalue weighted by molar-refractivity contribution is -0.383. The highest BCUT2D eigenvalue weighted by Gasteiger charge is 2.23. The van der Waals surface area contributed by atoms with Gasteiger partial charge in [0.05, 0.1) is 17.7 Å². The first-order valence-corrected chi connectivity index (χ1v) is 9.76. The van der Waals surface area contributed by atoms with E-state index in [2.05, 4.69) is 25.6 Å². The number of aryl methyl sites for hydroxylation is 1. The zero-order chi connectivity index (χ0) is 24.1. The molecule has 0 unspecified atom stereocenters. The zero-order valence-corrected chi connectivity index (χ0v) is 17.9. The Balaban J connectivity index is 2.06. The van der Waals surface area contributed by atoms with Crippen molar-refractivity contribution in [3.63, 3.8) is 0 Å². The van der Waals surface area contributed by atoms with Gasteiger partial charge in [-0.3, -0.25) is 20.0 Å². The fourth-order valence-corrected chi connectivity index (χ4v) is 3.25. The van der Waals surface area contributed by atoms with Crippen LogP contribution in [0.25, 0.3) is 11.1 Å². The third-order valence-electron chi connectivity index (χ3n) is 4.68. The van der Waals surface area contributed by atoms with Crippen molar-refractivity contribution in [2.24, 2.45) is 0 Å². The summed E-state index contributed by atoms with van der Waals surface area (Å²) in [5.74, 6) is -1.15. The van der Waals surface area contributed by atoms with Crippen molar-refractivity contribution in [3.8, 4) is 22.6 Å². The molecule has 0 spiro atoms. The molecule has 1 heterocycles. The Bertz CT molecular complexity index is 1180. The van der Waals surface area contributed by atoms with E-state index in [1.165, 1.54) is 25.3 Å². The number of carbonyl (C=O) groups excluding carboxylic acids is 1. The average molecular weight is 461 g/mol. The number of nitro groups is 1. The topological polar surface area (TPSA) is 131 Å². The van der Waals surface area contributed by atoms with Crippen molar-refractivity contribution in [2.75, 3.05) is 19.0 Å². The number of anilines is 2. The number of alkyl halides is 2. The van der Waals surface area contributed by atoms with Gasteiger partial charge in [0.15, 0.2) is 0 Å². The van der Waals surface area contributed by atoms with E-state index in [1.54, 1.807) is 26.1 Å². The fraction of sp³-hybridized carbons (Fsp3) is 0.238. The van der Waals surface area contributed by atoms with Crippen LogP contribution in [0.1, 0.15) is 23.0 Å². The first-order valence-electron chi connectivity index (χ1n) is 9.76. The molecule has 0 atom stereocenters. The van der Waals surface area contributed by atoms with Gasteiger partial charge in [0.2, 0.25) is 0 Å². The van der Waals surface area contributed by atoms with Gasteiger partial charge in [0.25, 0.3) is 11.6 Å². The number of rotatable bonds is 9. The van der Waals surface area contributed by atoms with E-state index in [1.807, 2.05) is 0 Å². The van der Waals surface area contributed by atoms with Crippen molar-refractivity contribution < 1.29 is 28.0 Å². The van der Waals surface area contributed by atoms with Crippen LogP contribution in [0, 0.1) is 17.0 Å². The summed E-state index contributed by atoms with van der Waals surface area (Å²) in [7, 11) is 1.26. The molecule has 3 N–H and O–H groups in total. The molecule has 0 fully saturated rings. The van der Waals surface area contributed by atoms with Crippen LogP contribution in [-0.2, 0) is 0 Å². The van der Waals surface area contributed by atoms with Gasteiger partial charge < -0.3 is 20.1 Å². The van der Waals surface area contributed by atoms with E-state index >= 15 is 0 Å². The molecule has 10 nitrogen and oxygen atoms in total. The van der Waals surface area contributed by atoms with Crippen LogP contribution < -0.4 is 20.1 Å². The Hall–Kier alpha value is -4.22. The molecule has 1 amide bonds. The van der Waals surface area contributed by atoms with E-state index in [9.17, 15) is 23.7 Å². The molecule has 1 aromatic heterocycles. The summed E-state index contributed by atoms with van der Waals surface area (Å²) >= 11 is 0. The summed E-state index contributed by atoms with van der Waals surface area (Å²) in [4.78, 5) is 23.5. The predicted octanol–water partition coefficient (Wildman–Crippen LogP) is 4.40. The van der Waals surface area contributed by atoms with E-state index in [0.29, 0.717) is 16.8 Å². The van der Waals surface area contributed by atoms with E-state index in [4.69, 9.17) is 4.74 Å².